The molecule has 1 heterocycles. The molecule has 20 heavy (non-hydrogen) atoms. The van der Waals surface area contributed by atoms with Crippen LogP contribution in [0, 0.1) is 11.8 Å². The fourth-order valence-electron chi connectivity index (χ4n) is 2.41. The fourth-order valence-corrected chi connectivity index (χ4v) is 2.41. The van der Waals surface area contributed by atoms with Crippen molar-refractivity contribution in [2.24, 2.45) is 11.8 Å². The molecule has 1 aromatic rings. The molecule has 2 rings (SSSR count). The van der Waals surface area contributed by atoms with Crippen LogP contribution < -0.4 is 5.32 Å². The molecule has 0 saturated carbocycles. The van der Waals surface area contributed by atoms with E-state index in [1.807, 2.05) is 10.9 Å². The van der Waals surface area contributed by atoms with E-state index in [1.54, 1.807) is 0 Å². The molecule has 2 unspecified atom stereocenters. The van der Waals surface area contributed by atoms with E-state index in [-0.39, 0.29) is 0 Å². The predicted octanol–water partition coefficient (Wildman–Crippen LogP) is 2.01. The van der Waals surface area contributed by atoms with Gasteiger partial charge < -0.3 is 10.1 Å². The van der Waals surface area contributed by atoms with Crippen LogP contribution in [0.1, 0.15) is 32.4 Å². The van der Waals surface area contributed by atoms with E-state index >= 15 is 0 Å². The normalized spacial score (nSPS) is 22.3. The highest BCUT2D eigenvalue weighted by molar-refractivity contribution is 4.93. The van der Waals surface area contributed by atoms with Crippen molar-refractivity contribution in [3.63, 3.8) is 0 Å². The van der Waals surface area contributed by atoms with Crippen molar-refractivity contribution in [1.82, 2.24) is 20.3 Å². The van der Waals surface area contributed by atoms with E-state index in [9.17, 15) is 0 Å². The van der Waals surface area contributed by atoms with Gasteiger partial charge in [-0.15, -0.1) is 5.10 Å². The molecule has 0 amide bonds. The van der Waals surface area contributed by atoms with Gasteiger partial charge in [-0.05, 0) is 31.2 Å². The predicted molar refractivity (Wildman–Crippen MR) is 79.2 cm³/mol. The minimum atomic E-state index is 0.667. The first kappa shape index (κ1) is 15.2. The SMILES string of the molecule is CCNCc1cn(CCOCC2CC=CCC2C)nn1. The van der Waals surface area contributed by atoms with E-state index in [0.717, 1.165) is 44.3 Å². The third-order valence-corrected chi connectivity index (χ3v) is 3.86. The lowest BCUT2D eigenvalue weighted by atomic mass is 9.85. The average Bonchev–Trinajstić information content (AvgIpc) is 2.91. The molecule has 0 fully saturated rings. The topological polar surface area (TPSA) is 52.0 Å². The van der Waals surface area contributed by atoms with Gasteiger partial charge in [0.05, 0.1) is 25.5 Å². The van der Waals surface area contributed by atoms with Gasteiger partial charge in [0.25, 0.3) is 0 Å². The van der Waals surface area contributed by atoms with Crippen molar-refractivity contribution in [2.75, 3.05) is 19.8 Å². The lowest BCUT2D eigenvalue weighted by molar-refractivity contribution is 0.0722. The van der Waals surface area contributed by atoms with E-state index < -0.39 is 0 Å². The minimum absolute atomic E-state index is 0.667. The molecule has 112 valence electrons. The minimum Gasteiger partial charge on any atom is -0.379 e. The zero-order valence-electron chi connectivity index (χ0n) is 12.6. The Kier molecular flexibility index (Phi) is 6.21. The van der Waals surface area contributed by atoms with Gasteiger partial charge in [0, 0.05) is 12.7 Å². The third-order valence-electron chi connectivity index (χ3n) is 3.86. The molecule has 5 heteroatoms. The monoisotopic (exact) mass is 278 g/mol. The Balaban J connectivity index is 1.63. The number of nitrogens with one attached hydrogen (secondary N) is 1. The summed E-state index contributed by atoms with van der Waals surface area (Å²) in [6, 6.07) is 0. The average molecular weight is 278 g/mol. The fraction of sp³-hybridized carbons (Fsp3) is 0.733. The summed E-state index contributed by atoms with van der Waals surface area (Å²) < 4.78 is 7.66. The molecule has 5 nitrogen and oxygen atoms in total. The molecule has 0 radical (unpaired) electrons. The Hall–Kier alpha value is -1.20. The Labute approximate surface area is 121 Å². The standard InChI is InChI=1S/C15H26N4O/c1-3-16-10-15-11-19(18-17-15)8-9-20-12-14-7-5-4-6-13(14)2/h4-5,11,13-14,16H,3,6-10,12H2,1-2H3. The van der Waals surface area contributed by atoms with Crippen LogP contribution in [0.2, 0.25) is 0 Å². The second-order valence-electron chi connectivity index (χ2n) is 5.51. The van der Waals surface area contributed by atoms with E-state index in [2.05, 4.69) is 41.6 Å². The van der Waals surface area contributed by atoms with Crippen molar-refractivity contribution >= 4 is 0 Å². The Morgan fingerprint density at radius 1 is 1.40 bits per heavy atom. The maximum atomic E-state index is 5.80. The zero-order valence-corrected chi connectivity index (χ0v) is 12.6. The number of allylic oxidation sites excluding steroid dienone is 2. The van der Waals surface area contributed by atoms with Crippen molar-refractivity contribution in [3.8, 4) is 0 Å². The van der Waals surface area contributed by atoms with Gasteiger partial charge in [-0.25, -0.2) is 4.68 Å². The third kappa shape index (κ3) is 4.72. The summed E-state index contributed by atoms with van der Waals surface area (Å²) >= 11 is 0. The number of aromatic nitrogens is 3. The summed E-state index contributed by atoms with van der Waals surface area (Å²) in [6.07, 6.45) is 8.88. The van der Waals surface area contributed by atoms with Crippen LogP contribution in [0.15, 0.2) is 18.3 Å². The highest BCUT2D eigenvalue weighted by Gasteiger charge is 2.18. The van der Waals surface area contributed by atoms with Crippen LogP contribution in [-0.4, -0.2) is 34.8 Å². The van der Waals surface area contributed by atoms with Crippen molar-refractivity contribution in [1.29, 1.82) is 0 Å². The molecule has 1 aliphatic rings. The first-order valence-corrected chi connectivity index (χ1v) is 7.62. The first-order chi connectivity index (χ1) is 9.79. The molecule has 0 spiro atoms. The molecular formula is C15H26N4O. The van der Waals surface area contributed by atoms with Crippen LogP contribution >= 0.6 is 0 Å². The number of hydrogen-bond donors (Lipinski definition) is 1. The molecule has 0 saturated heterocycles. The van der Waals surface area contributed by atoms with Crippen LogP contribution in [0.4, 0.5) is 0 Å². The van der Waals surface area contributed by atoms with Gasteiger partial charge in [0.2, 0.25) is 0 Å². The number of rotatable bonds is 8. The summed E-state index contributed by atoms with van der Waals surface area (Å²) in [4.78, 5) is 0. The number of ether oxygens (including phenoxy) is 1. The van der Waals surface area contributed by atoms with E-state index in [1.165, 1.54) is 6.42 Å². The van der Waals surface area contributed by atoms with Gasteiger partial charge in [0.15, 0.2) is 0 Å². The van der Waals surface area contributed by atoms with Gasteiger partial charge in [-0.2, -0.15) is 0 Å². The number of hydrogen-bond acceptors (Lipinski definition) is 4. The highest BCUT2D eigenvalue weighted by atomic mass is 16.5. The summed E-state index contributed by atoms with van der Waals surface area (Å²) in [5.41, 5.74) is 0.984. The Morgan fingerprint density at radius 3 is 3.05 bits per heavy atom. The maximum Gasteiger partial charge on any atom is 0.0964 e. The molecule has 1 aliphatic carbocycles. The molecule has 1 aromatic heterocycles. The van der Waals surface area contributed by atoms with Crippen LogP contribution in [0.3, 0.4) is 0 Å². The van der Waals surface area contributed by atoms with Gasteiger partial charge in [-0.3, -0.25) is 0 Å². The molecule has 0 aromatic carbocycles. The first-order valence-electron chi connectivity index (χ1n) is 7.62. The van der Waals surface area contributed by atoms with Crippen molar-refractivity contribution in [3.05, 3.63) is 24.0 Å². The quantitative estimate of drug-likeness (QED) is 0.584. The smallest absolute Gasteiger partial charge is 0.0964 e. The summed E-state index contributed by atoms with van der Waals surface area (Å²) in [5.74, 6) is 1.40. The van der Waals surface area contributed by atoms with Crippen LogP contribution in [-0.2, 0) is 17.8 Å². The molecular weight excluding hydrogens is 252 g/mol. The van der Waals surface area contributed by atoms with Crippen molar-refractivity contribution < 1.29 is 4.74 Å². The molecule has 0 bridgehead atoms. The summed E-state index contributed by atoms with van der Waals surface area (Å²) in [6.45, 7) is 8.45. The summed E-state index contributed by atoms with van der Waals surface area (Å²) in [7, 11) is 0. The lowest BCUT2D eigenvalue weighted by Crippen LogP contribution is -2.20. The van der Waals surface area contributed by atoms with E-state index in [0.29, 0.717) is 12.5 Å². The van der Waals surface area contributed by atoms with Gasteiger partial charge in [0.1, 0.15) is 0 Å². The second kappa shape index (κ2) is 8.17. The Bertz CT molecular complexity index is 416. The van der Waals surface area contributed by atoms with Crippen molar-refractivity contribution in [2.45, 2.75) is 39.8 Å². The van der Waals surface area contributed by atoms with Crippen LogP contribution in [0.25, 0.3) is 0 Å². The number of nitrogens with zero attached hydrogens (tertiary/aromatic N) is 3. The molecule has 2 atom stereocenters. The van der Waals surface area contributed by atoms with Crippen LogP contribution in [0.5, 0.6) is 0 Å². The maximum absolute atomic E-state index is 5.80. The highest BCUT2D eigenvalue weighted by Crippen LogP contribution is 2.24. The molecule has 1 N–H and O–H groups in total. The molecule has 0 aliphatic heterocycles. The van der Waals surface area contributed by atoms with Gasteiger partial charge in [-0.1, -0.05) is 31.2 Å². The van der Waals surface area contributed by atoms with Gasteiger partial charge >= 0.3 is 0 Å². The summed E-state index contributed by atoms with van der Waals surface area (Å²) in [5, 5.41) is 11.5. The second-order valence-corrected chi connectivity index (χ2v) is 5.51. The van der Waals surface area contributed by atoms with E-state index in [4.69, 9.17) is 4.74 Å². The largest absolute Gasteiger partial charge is 0.379 e. The zero-order chi connectivity index (χ0) is 14.2. The lowest BCUT2D eigenvalue weighted by Gasteiger charge is -2.24. The Morgan fingerprint density at radius 2 is 2.25 bits per heavy atom.